The van der Waals surface area contributed by atoms with Crippen LogP contribution < -0.4 is 0 Å². The third-order valence-electron chi connectivity index (χ3n) is 2.56. The standard InChI is InChI=1S/C12H14F2O2/c1-6(2)9(12(15)16)10-8(13)5-4-7(3)11(10)14/h4-6,9H,1-3H3,(H,15,16). The molecule has 0 amide bonds. The monoisotopic (exact) mass is 228 g/mol. The molecule has 0 aromatic heterocycles. The molecule has 0 radical (unpaired) electrons. The van der Waals surface area contributed by atoms with Gasteiger partial charge in [0.2, 0.25) is 0 Å². The number of aryl methyl sites for hydroxylation is 1. The summed E-state index contributed by atoms with van der Waals surface area (Å²) in [5.74, 6) is -4.30. The first kappa shape index (κ1) is 12.6. The molecule has 1 rings (SSSR count). The first-order valence-electron chi connectivity index (χ1n) is 5.03. The molecule has 0 saturated carbocycles. The minimum Gasteiger partial charge on any atom is -0.481 e. The summed E-state index contributed by atoms with van der Waals surface area (Å²) in [5.41, 5.74) is -0.0919. The van der Waals surface area contributed by atoms with E-state index in [9.17, 15) is 13.6 Å². The Balaban J connectivity index is 3.40. The van der Waals surface area contributed by atoms with Gasteiger partial charge in [-0.2, -0.15) is 0 Å². The fourth-order valence-electron chi connectivity index (χ4n) is 1.71. The van der Waals surface area contributed by atoms with Gasteiger partial charge < -0.3 is 5.11 Å². The number of carboxylic acid groups (broad SMARTS) is 1. The van der Waals surface area contributed by atoms with Crippen LogP contribution in [0.15, 0.2) is 12.1 Å². The van der Waals surface area contributed by atoms with Crippen molar-refractivity contribution in [3.05, 3.63) is 34.9 Å². The third-order valence-corrected chi connectivity index (χ3v) is 2.56. The van der Waals surface area contributed by atoms with Gasteiger partial charge in [-0.25, -0.2) is 8.78 Å². The lowest BCUT2D eigenvalue weighted by atomic mass is 9.87. The average molecular weight is 228 g/mol. The second-order valence-electron chi connectivity index (χ2n) is 4.15. The Hall–Kier alpha value is -1.45. The van der Waals surface area contributed by atoms with Gasteiger partial charge in [-0.05, 0) is 24.5 Å². The first-order chi connectivity index (χ1) is 7.36. The predicted octanol–water partition coefficient (Wildman–Crippen LogP) is 3.10. The van der Waals surface area contributed by atoms with E-state index in [0.29, 0.717) is 0 Å². The van der Waals surface area contributed by atoms with Crippen molar-refractivity contribution in [1.29, 1.82) is 0 Å². The molecule has 0 heterocycles. The molecule has 0 aliphatic carbocycles. The smallest absolute Gasteiger partial charge is 0.311 e. The maximum absolute atomic E-state index is 13.7. The van der Waals surface area contributed by atoms with Crippen molar-refractivity contribution >= 4 is 5.97 Å². The van der Waals surface area contributed by atoms with Crippen LogP contribution in [-0.2, 0) is 4.79 Å². The van der Waals surface area contributed by atoms with Gasteiger partial charge >= 0.3 is 5.97 Å². The Morgan fingerprint density at radius 2 is 1.88 bits per heavy atom. The van der Waals surface area contributed by atoms with Crippen molar-refractivity contribution in [2.45, 2.75) is 26.7 Å². The molecule has 1 unspecified atom stereocenters. The minimum absolute atomic E-state index is 0.253. The summed E-state index contributed by atoms with van der Waals surface area (Å²) in [6.07, 6.45) is 0. The maximum atomic E-state index is 13.7. The molecule has 0 bridgehead atoms. The molecule has 1 N–H and O–H groups in total. The molecule has 1 atom stereocenters. The maximum Gasteiger partial charge on any atom is 0.311 e. The lowest BCUT2D eigenvalue weighted by Gasteiger charge is -2.18. The molecular weight excluding hydrogens is 214 g/mol. The summed E-state index contributed by atoms with van der Waals surface area (Å²) in [5, 5.41) is 9.00. The van der Waals surface area contributed by atoms with Gasteiger partial charge in [0.1, 0.15) is 11.6 Å². The summed E-state index contributed by atoms with van der Waals surface area (Å²) >= 11 is 0. The van der Waals surface area contributed by atoms with Crippen molar-refractivity contribution < 1.29 is 18.7 Å². The second kappa shape index (κ2) is 4.60. The van der Waals surface area contributed by atoms with E-state index in [1.54, 1.807) is 13.8 Å². The van der Waals surface area contributed by atoms with Gasteiger partial charge in [-0.3, -0.25) is 4.79 Å². The van der Waals surface area contributed by atoms with E-state index in [4.69, 9.17) is 5.11 Å². The lowest BCUT2D eigenvalue weighted by Crippen LogP contribution is -2.20. The molecule has 0 saturated heterocycles. The fourth-order valence-corrected chi connectivity index (χ4v) is 1.71. The lowest BCUT2D eigenvalue weighted by molar-refractivity contribution is -0.140. The highest BCUT2D eigenvalue weighted by Gasteiger charge is 2.30. The molecule has 1 aromatic carbocycles. The van der Waals surface area contributed by atoms with Crippen LogP contribution in [0.1, 0.15) is 30.9 Å². The number of carbonyl (C=O) groups is 1. The highest BCUT2D eigenvalue weighted by molar-refractivity contribution is 5.76. The van der Waals surface area contributed by atoms with Crippen molar-refractivity contribution in [3.63, 3.8) is 0 Å². The average Bonchev–Trinajstić information content (AvgIpc) is 2.17. The summed E-state index contributed by atoms with van der Waals surface area (Å²) in [6.45, 7) is 4.73. The van der Waals surface area contributed by atoms with Gasteiger partial charge in [0, 0.05) is 5.56 Å². The van der Waals surface area contributed by atoms with E-state index in [2.05, 4.69) is 0 Å². The highest BCUT2D eigenvalue weighted by Crippen LogP contribution is 2.30. The van der Waals surface area contributed by atoms with Crippen LogP contribution in [-0.4, -0.2) is 11.1 Å². The van der Waals surface area contributed by atoms with Crippen molar-refractivity contribution in [1.82, 2.24) is 0 Å². The number of benzene rings is 1. The number of aliphatic carboxylic acids is 1. The zero-order valence-corrected chi connectivity index (χ0v) is 9.42. The molecule has 0 fully saturated rings. The second-order valence-corrected chi connectivity index (χ2v) is 4.15. The van der Waals surface area contributed by atoms with Crippen molar-refractivity contribution in [3.8, 4) is 0 Å². The Morgan fingerprint density at radius 3 is 2.31 bits per heavy atom. The largest absolute Gasteiger partial charge is 0.481 e. The summed E-state index contributed by atoms with van der Waals surface area (Å²) in [7, 11) is 0. The zero-order valence-electron chi connectivity index (χ0n) is 9.42. The molecule has 1 aromatic rings. The fraction of sp³-hybridized carbons (Fsp3) is 0.417. The van der Waals surface area contributed by atoms with Crippen molar-refractivity contribution in [2.75, 3.05) is 0 Å². The third kappa shape index (κ3) is 2.21. The van der Waals surface area contributed by atoms with Crippen LogP contribution in [0.25, 0.3) is 0 Å². The van der Waals surface area contributed by atoms with Crippen molar-refractivity contribution in [2.24, 2.45) is 5.92 Å². The van der Waals surface area contributed by atoms with Crippen LogP contribution in [0, 0.1) is 24.5 Å². The molecule has 0 spiro atoms. The highest BCUT2D eigenvalue weighted by atomic mass is 19.1. The number of carboxylic acids is 1. The molecule has 16 heavy (non-hydrogen) atoms. The quantitative estimate of drug-likeness (QED) is 0.863. The molecule has 4 heteroatoms. The number of rotatable bonds is 3. The first-order valence-corrected chi connectivity index (χ1v) is 5.03. The van der Waals surface area contributed by atoms with Crippen LogP contribution in [0.3, 0.4) is 0 Å². The SMILES string of the molecule is Cc1ccc(F)c(C(C(=O)O)C(C)C)c1F. The summed E-state index contributed by atoms with van der Waals surface area (Å²) in [6, 6.07) is 2.40. The predicted molar refractivity (Wildman–Crippen MR) is 56.3 cm³/mol. The van der Waals surface area contributed by atoms with E-state index in [0.717, 1.165) is 6.07 Å². The van der Waals surface area contributed by atoms with Crippen LogP contribution in [0.4, 0.5) is 8.78 Å². The number of halogens is 2. The minimum atomic E-state index is -1.21. The Labute approximate surface area is 92.9 Å². The van der Waals surface area contributed by atoms with E-state index in [1.165, 1.54) is 13.0 Å². The topological polar surface area (TPSA) is 37.3 Å². The van der Waals surface area contributed by atoms with Gasteiger partial charge in [0.25, 0.3) is 0 Å². The Kier molecular flexibility index (Phi) is 3.62. The van der Waals surface area contributed by atoms with Gasteiger partial charge in [0.05, 0.1) is 5.92 Å². The van der Waals surface area contributed by atoms with Crippen LogP contribution >= 0.6 is 0 Å². The molecule has 2 nitrogen and oxygen atoms in total. The molecule has 0 aliphatic heterocycles. The van der Waals surface area contributed by atoms with E-state index < -0.39 is 23.5 Å². The summed E-state index contributed by atoms with van der Waals surface area (Å²) < 4.78 is 27.2. The molecule has 88 valence electrons. The zero-order chi connectivity index (χ0) is 12.5. The number of hydrogen-bond acceptors (Lipinski definition) is 1. The van der Waals surface area contributed by atoms with Crippen LogP contribution in [0.2, 0.25) is 0 Å². The Bertz CT molecular complexity index is 414. The molecular formula is C12H14F2O2. The molecule has 0 aliphatic rings. The van der Waals surface area contributed by atoms with E-state index in [1.807, 2.05) is 0 Å². The van der Waals surface area contributed by atoms with Gasteiger partial charge in [0.15, 0.2) is 0 Å². The van der Waals surface area contributed by atoms with Gasteiger partial charge in [-0.1, -0.05) is 19.9 Å². The van der Waals surface area contributed by atoms with Crippen LogP contribution in [0.5, 0.6) is 0 Å². The Morgan fingerprint density at radius 1 is 1.31 bits per heavy atom. The summed E-state index contributed by atoms with van der Waals surface area (Å²) in [4.78, 5) is 11.0. The van der Waals surface area contributed by atoms with E-state index in [-0.39, 0.29) is 17.0 Å². The van der Waals surface area contributed by atoms with E-state index >= 15 is 0 Å². The number of hydrogen-bond donors (Lipinski definition) is 1. The van der Waals surface area contributed by atoms with Gasteiger partial charge in [-0.15, -0.1) is 0 Å². The normalized spacial score (nSPS) is 12.9.